The van der Waals surface area contributed by atoms with Crippen molar-refractivity contribution >= 4 is 26.0 Å². The van der Waals surface area contributed by atoms with Crippen molar-refractivity contribution in [3.8, 4) is 0 Å². The fourth-order valence-electron chi connectivity index (χ4n) is 1.60. The lowest BCUT2D eigenvalue weighted by molar-refractivity contribution is 0.575. The topological polar surface area (TPSA) is 74.8 Å². The van der Waals surface area contributed by atoms with Gasteiger partial charge < -0.3 is 0 Å². The van der Waals surface area contributed by atoms with Crippen LogP contribution < -0.4 is 4.72 Å². The second kappa shape index (κ2) is 5.97. The molecule has 0 spiro atoms. The number of hydrogen-bond acceptors (Lipinski definition) is 3. The van der Waals surface area contributed by atoms with E-state index in [1.165, 1.54) is 0 Å². The molecule has 1 aromatic heterocycles. The van der Waals surface area contributed by atoms with E-state index in [2.05, 4.69) is 30.8 Å². The van der Waals surface area contributed by atoms with Crippen LogP contribution in [0.15, 0.2) is 4.90 Å². The number of aromatic amines is 1. The predicted octanol–water partition coefficient (Wildman–Crippen LogP) is 1.87. The summed E-state index contributed by atoms with van der Waals surface area (Å²) in [6.07, 6.45) is 1.74. The summed E-state index contributed by atoms with van der Waals surface area (Å²) in [7, 11) is -3.44. The Bertz CT molecular complexity index is 448. The summed E-state index contributed by atoms with van der Waals surface area (Å²) in [5.41, 5.74) is 1.08. The number of aromatic nitrogens is 2. The molecule has 0 bridgehead atoms. The van der Waals surface area contributed by atoms with Crippen LogP contribution in [0.1, 0.15) is 31.2 Å². The molecule has 2 N–H and O–H groups in total. The van der Waals surface area contributed by atoms with Gasteiger partial charge in [0.2, 0.25) is 10.0 Å². The molecule has 17 heavy (non-hydrogen) atoms. The Balaban J connectivity index is 2.64. The monoisotopic (exact) mass is 323 g/mol. The maximum absolute atomic E-state index is 12.0. The van der Waals surface area contributed by atoms with Crippen LogP contribution >= 0.6 is 15.9 Å². The van der Waals surface area contributed by atoms with Crippen LogP contribution in [0.25, 0.3) is 0 Å². The van der Waals surface area contributed by atoms with Gasteiger partial charge in [-0.25, -0.2) is 13.1 Å². The van der Waals surface area contributed by atoms with Crippen LogP contribution in [0.4, 0.5) is 0 Å². The van der Waals surface area contributed by atoms with Crippen LogP contribution in [0.2, 0.25) is 0 Å². The van der Waals surface area contributed by atoms with Crippen molar-refractivity contribution in [3.63, 3.8) is 0 Å². The summed E-state index contributed by atoms with van der Waals surface area (Å²) in [6, 6.07) is 0. The Hall–Kier alpha value is -0.400. The highest BCUT2D eigenvalue weighted by atomic mass is 79.9. The molecule has 98 valence electrons. The fraction of sp³-hybridized carbons (Fsp3) is 0.700. The molecule has 0 aliphatic rings. The first-order chi connectivity index (χ1) is 7.84. The van der Waals surface area contributed by atoms with Gasteiger partial charge in [0.1, 0.15) is 4.90 Å². The lowest BCUT2D eigenvalue weighted by Crippen LogP contribution is -2.26. The zero-order valence-corrected chi connectivity index (χ0v) is 12.7. The Morgan fingerprint density at radius 3 is 2.59 bits per heavy atom. The number of hydrogen-bond donors (Lipinski definition) is 2. The molecule has 1 unspecified atom stereocenters. The first kappa shape index (κ1) is 14.7. The van der Waals surface area contributed by atoms with E-state index in [4.69, 9.17) is 0 Å². The SMILES string of the molecule is Cc1n[nH]c(C)c1S(=O)(=O)NCCCC(C)Br. The number of halogens is 1. The lowest BCUT2D eigenvalue weighted by atomic mass is 10.2. The Labute approximate surface area is 111 Å². The van der Waals surface area contributed by atoms with E-state index in [1.807, 2.05) is 6.92 Å². The highest BCUT2D eigenvalue weighted by molar-refractivity contribution is 9.09. The minimum Gasteiger partial charge on any atom is -0.281 e. The van der Waals surface area contributed by atoms with Crippen molar-refractivity contribution < 1.29 is 8.42 Å². The van der Waals surface area contributed by atoms with E-state index in [0.717, 1.165) is 12.8 Å². The largest absolute Gasteiger partial charge is 0.281 e. The lowest BCUT2D eigenvalue weighted by Gasteiger charge is -2.07. The van der Waals surface area contributed by atoms with Gasteiger partial charge in [-0.2, -0.15) is 5.10 Å². The van der Waals surface area contributed by atoms with E-state index >= 15 is 0 Å². The molecule has 0 saturated carbocycles. The average molecular weight is 324 g/mol. The molecule has 1 aromatic rings. The third-order valence-electron chi connectivity index (χ3n) is 2.40. The zero-order valence-electron chi connectivity index (χ0n) is 10.2. The minimum absolute atomic E-state index is 0.268. The molecule has 0 radical (unpaired) electrons. The second-order valence-corrected chi connectivity index (χ2v) is 7.35. The number of H-pyrrole nitrogens is 1. The van der Waals surface area contributed by atoms with Gasteiger partial charge in [0, 0.05) is 11.4 Å². The van der Waals surface area contributed by atoms with Gasteiger partial charge in [-0.15, -0.1) is 0 Å². The summed E-state index contributed by atoms with van der Waals surface area (Å²) in [4.78, 5) is 0.675. The third-order valence-corrected chi connectivity index (χ3v) is 4.58. The van der Waals surface area contributed by atoms with Gasteiger partial charge in [0.05, 0.1) is 11.4 Å². The maximum Gasteiger partial charge on any atom is 0.244 e. The molecular formula is C10H18BrN3O2S. The van der Waals surface area contributed by atoms with E-state index in [9.17, 15) is 8.42 Å². The summed E-state index contributed by atoms with van der Waals surface area (Å²) in [6.45, 7) is 5.87. The Morgan fingerprint density at radius 2 is 2.12 bits per heavy atom. The molecule has 0 aliphatic heterocycles. The molecule has 0 amide bonds. The van der Waals surface area contributed by atoms with Crippen molar-refractivity contribution in [1.82, 2.24) is 14.9 Å². The first-order valence-corrected chi connectivity index (χ1v) is 7.90. The normalized spacial score (nSPS) is 13.9. The quantitative estimate of drug-likeness (QED) is 0.620. The number of sulfonamides is 1. The summed E-state index contributed by atoms with van der Waals surface area (Å²) < 4.78 is 26.6. The average Bonchev–Trinajstić information content (AvgIpc) is 2.53. The molecule has 0 saturated heterocycles. The van der Waals surface area contributed by atoms with E-state index in [-0.39, 0.29) is 4.90 Å². The van der Waals surface area contributed by atoms with Crippen molar-refractivity contribution in [2.75, 3.05) is 6.54 Å². The van der Waals surface area contributed by atoms with Gasteiger partial charge in [-0.05, 0) is 26.7 Å². The molecule has 5 nitrogen and oxygen atoms in total. The number of nitrogens with zero attached hydrogens (tertiary/aromatic N) is 1. The van der Waals surface area contributed by atoms with E-state index < -0.39 is 10.0 Å². The Kier molecular flexibility index (Phi) is 5.15. The zero-order chi connectivity index (χ0) is 13.1. The van der Waals surface area contributed by atoms with Gasteiger partial charge in [-0.1, -0.05) is 22.9 Å². The van der Waals surface area contributed by atoms with Crippen molar-refractivity contribution in [3.05, 3.63) is 11.4 Å². The molecule has 1 atom stereocenters. The summed E-state index contributed by atoms with van der Waals surface area (Å²) in [5, 5.41) is 6.56. The first-order valence-electron chi connectivity index (χ1n) is 5.50. The molecular weight excluding hydrogens is 306 g/mol. The van der Waals surface area contributed by atoms with Crippen LogP contribution in [0.3, 0.4) is 0 Å². The minimum atomic E-state index is -3.44. The van der Waals surface area contributed by atoms with Crippen LogP contribution in [-0.4, -0.2) is 30.0 Å². The number of rotatable bonds is 6. The standard InChI is InChI=1S/C10H18BrN3O2S/c1-7(11)5-4-6-12-17(15,16)10-8(2)13-14-9(10)3/h7,12H,4-6H2,1-3H3,(H,13,14). The van der Waals surface area contributed by atoms with Crippen molar-refractivity contribution in [2.24, 2.45) is 0 Å². The van der Waals surface area contributed by atoms with E-state index in [1.54, 1.807) is 13.8 Å². The fourth-order valence-corrected chi connectivity index (χ4v) is 3.36. The van der Waals surface area contributed by atoms with Gasteiger partial charge >= 0.3 is 0 Å². The van der Waals surface area contributed by atoms with Crippen LogP contribution in [-0.2, 0) is 10.0 Å². The smallest absolute Gasteiger partial charge is 0.244 e. The highest BCUT2D eigenvalue weighted by Gasteiger charge is 2.21. The highest BCUT2D eigenvalue weighted by Crippen LogP contribution is 2.16. The molecule has 1 heterocycles. The van der Waals surface area contributed by atoms with Gasteiger partial charge in [0.25, 0.3) is 0 Å². The number of nitrogens with one attached hydrogen (secondary N) is 2. The van der Waals surface area contributed by atoms with Gasteiger partial charge in [-0.3, -0.25) is 5.10 Å². The predicted molar refractivity (Wildman–Crippen MR) is 70.9 cm³/mol. The number of alkyl halides is 1. The van der Waals surface area contributed by atoms with Crippen molar-refractivity contribution in [1.29, 1.82) is 0 Å². The Morgan fingerprint density at radius 1 is 1.47 bits per heavy atom. The van der Waals surface area contributed by atoms with Crippen LogP contribution in [0, 0.1) is 13.8 Å². The van der Waals surface area contributed by atoms with Crippen molar-refractivity contribution in [2.45, 2.75) is 43.3 Å². The molecule has 7 heteroatoms. The summed E-state index contributed by atoms with van der Waals surface area (Å²) in [5.74, 6) is 0. The van der Waals surface area contributed by atoms with Gasteiger partial charge in [0.15, 0.2) is 0 Å². The molecule has 1 rings (SSSR count). The van der Waals surface area contributed by atoms with E-state index in [0.29, 0.717) is 22.8 Å². The maximum atomic E-state index is 12.0. The number of aryl methyl sites for hydroxylation is 2. The molecule has 0 aliphatic carbocycles. The molecule has 0 fully saturated rings. The summed E-state index contributed by atoms with van der Waals surface area (Å²) >= 11 is 3.42. The second-order valence-electron chi connectivity index (χ2n) is 4.08. The third kappa shape index (κ3) is 4.08. The van der Waals surface area contributed by atoms with Crippen LogP contribution in [0.5, 0.6) is 0 Å². The molecule has 0 aromatic carbocycles.